The van der Waals surface area contributed by atoms with Gasteiger partial charge in [0.2, 0.25) is 5.91 Å². The van der Waals surface area contributed by atoms with Crippen LogP contribution in [-0.2, 0) is 24.1 Å². The van der Waals surface area contributed by atoms with Crippen molar-refractivity contribution < 1.29 is 18.0 Å². The molecular formula is C19H24F3N5O. The van der Waals surface area contributed by atoms with Crippen molar-refractivity contribution in [2.45, 2.75) is 33.1 Å². The standard InChI is InChI=1S/C19H24F3N5O/c1-13-3-5-15(6-4-13)25-7-9-26(10-8-25)17(28)12-27-16(11-23)14(2)18(24-27)19(20,21)22/h3-6H,7-12,23H2,1-2H3. The third kappa shape index (κ3) is 4.14. The van der Waals surface area contributed by atoms with Crippen LogP contribution in [0.3, 0.4) is 0 Å². The molecule has 0 aliphatic carbocycles. The van der Waals surface area contributed by atoms with Crippen LogP contribution >= 0.6 is 0 Å². The molecule has 1 saturated heterocycles. The van der Waals surface area contributed by atoms with E-state index in [1.54, 1.807) is 4.90 Å². The molecule has 9 heteroatoms. The molecule has 1 amide bonds. The Hall–Kier alpha value is -2.55. The molecule has 3 rings (SSSR count). The second-order valence-corrected chi connectivity index (χ2v) is 6.98. The Morgan fingerprint density at radius 2 is 1.71 bits per heavy atom. The first-order valence-electron chi connectivity index (χ1n) is 9.13. The monoisotopic (exact) mass is 395 g/mol. The number of nitrogens with zero attached hydrogens (tertiary/aromatic N) is 4. The van der Waals surface area contributed by atoms with Crippen LogP contribution in [0.15, 0.2) is 24.3 Å². The summed E-state index contributed by atoms with van der Waals surface area (Å²) < 4.78 is 40.3. The van der Waals surface area contributed by atoms with E-state index in [-0.39, 0.29) is 30.3 Å². The lowest BCUT2D eigenvalue weighted by atomic mass is 10.2. The highest BCUT2D eigenvalue weighted by atomic mass is 19.4. The highest BCUT2D eigenvalue weighted by molar-refractivity contribution is 5.76. The third-order valence-corrected chi connectivity index (χ3v) is 5.10. The second-order valence-electron chi connectivity index (χ2n) is 6.98. The summed E-state index contributed by atoms with van der Waals surface area (Å²) in [4.78, 5) is 16.5. The molecule has 1 fully saturated rings. The van der Waals surface area contributed by atoms with Gasteiger partial charge in [0.15, 0.2) is 5.69 Å². The number of carbonyl (C=O) groups is 1. The lowest BCUT2D eigenvalue weighted by molar-refractivity contribution is -0.142. The number of aromatic nitrogens is 2. The van der Waals surface area contributed by atoms with Gasteiger partial charge in [-0.1, -0.05) is 17.7 Å². The number of carbonyl (C=O) groups excluding carboxylic acids is 1. The number of nitrogens with two attached hydrogens (primary N) is 1. The van der Waals surface area contributed by atoms with Crippen molar-refractivity contribution in [1.29, 1.82) is 0 Å². The zero-order valence-electron chi connectivity index (χ0n) is 16.0. The minimum atomic E-state index is -4.57. The van der Waals surface area contributed by atoms with E-state index in [1.165, 1.54) is 12.5 Å². The van der Waals surface area contributed by atoms with Crippen LogP contribution in [0.4, 0.5) is 18.9 Å². The molecule has 6 nitrogen and oxygen atoms in total. The predicted octanol–water partition coefficient (Wildman–Crippen LogP) is 2.33. The van der Waals surface area contributed by atoms with Gasteiger partial charge in [0.1, 0.15) is 6.54 Å². The Bertz CT molecular complexity index is 836. The van der Waals surface area contributed by atoms with Gasteiger partial charge in [-0.15, -0.1) is 0 Å². The maximum Gasteiger partial charge on any atom is 0.435 e. The number of hydrogen-bond donors (Lipinski definition) is 1. The Morgan fingerprint density at radius 3 is 2.25 bits per heavy atom. The van der Waals surface area contributed by atoms with Crippen LogP contribution in [0, 0.1) is 13.8 Å². The summed E-state index contributed by atoms with van der Waals surface area (Å²) in [5.74, 6) is -0.255. The van der Waals surface area contributed by atoms with Crippen molar-refractivity contribution in [2.75, 3.05) is 31.1 Å². The summed E-state index contributed by atoms with van der Waals surface area (Å²) in [6.07, 6.45) is -4.57. The molecule has 2 aromatic rings. The molecule has 1 aliphatic rings. The van der Waals surface area contributed by atoms with Crippen molar-refractivity contribution in [1.82, 2.24) is 14.7 Å². The molecule has 2 heterocycles. The number of piperazine rings is 1. The smallest absolute Gasteiger partial charge is 0.368 e. The van der Waals surface area contributed by atoms with E-state index in [2.05, 4.69) is 10.00 Å². The molecule has 28 heavy (non-hydrogen) atoms. The molecule has 0 unspecified atom stereocenters. The van der Waals surface area contributed by atoms with Gasteiger partial charge in [-0.2, -0.15) is 18.3 Å². The van der Waals surface area contributed by atoms with Crippen LogP contribution in [0.1, 0.15) is 22.5 Å². The van der Waals surface area contributed by atoms with Crippen molar-refractivity contribution >= 4 is 11.6 Å². The van der Waals surface area contributed by atoms with Crippen LogP contribution < -0.4 is 10.6 Å². The molecule has 1 aliphatic heterocycles. The molecule has 1 aromatic heterocycles. The Balaban J connectivity index is 1.66. The molecular weight excluding hydrogens is 371 g/mol. The lowest BCUT2D eigenvalue weighted by Crippen LogP contribution is -2.49. The van der Waals surface area contributed by atoms with Crippen molar-refractivity contribution in [3.05, 3.63) is 46.8 Å². The van der Waals surface area contributed by atoms with E-state index in [9.17, 15) is 18.0 Å². The largest absolute Gasteiger partial charge is 0.435 e. The second kappa shape index (κ2) is 7.83. The quantitative estimate of drug-likeness (QED) is 0.863. The van der Waals surface area contributed by atoms with Gasteiger partial charge in [0.25, 0.3) is 0 Å². The van der Waals surface area contributed by atoms with Gasteiger partial charge >= 0.3 is 6.18 Å². The van der Waals surface area contributed by atoms with Gasteiger partial charge in [0.05, 0.1) is 5.69 Å². The van der Waals surface area contributed by atoms with E-state index in [0.29, 0.717) is 26.2 Å². The van der Waals surface area contributed by atoms with Crippen molar-refractivity contribution in [2.24, 2.45) is 5.73 Å². The molecule has 152 valence electrons. The molecule has 0 spiro atoms. The SMILES string of the molecule is Cc1ccc(N2CCN(C(=O)Cn3nc(C(F)(F)F)c(C)c3CN)CC2)cc1. The zero-order valence-corrected chi connectivity index (χ0v) is 16.0. The lowest BCUT2D eigenvalue weighted by Gasteiger charge is -2.36. The topological polar surface area (TPSA) is 67.4 Å². The van der Waals surface area contributed by atoms with E-state index in [4.69, 9.17) is 5.73 Å². The summed E-state index contributed by atoms with van der Waals surface area (Å²) in [7, 11) is 0. The number of hydrogen-bond acceptors (Lipinski definition) is 4. The molecule has 0 saturated carbocycles. The van der Waals surface area contributed by atoms with Gasteiger partial charge in [-0.3, -0.25) is 9.48 Å². The van der Waals surface area contributed by atoms with Crippen LogP contribution in [-0.4, -0.2) is 46.8 Å². The fourth-order valence-corrected chi connectivity index (χ4v) is 3.44. The molecule has 0 bridgehead atoms. The normalized spacial score (nSPS) is 15.2. The number of alkyl halides is 3. The third-order valence-electron chi connectivity index (χ3n) is 5.10. The average molecular weight is 395 g/mol. The number of amides is 1. The number of rotatable bonds is 4. The maximum absolute atomic E-state index is 13.1. The summed E-state index contributed by atoms with van der Waals surface area (Å²) in [6.45, 7) is 5.37. The van der Waals surface area contributed by atoms with E-state index >= 15 is 0 Å². The van der Waals surface area contributed by atoms with E-state index in [0.717, 1.165) is 10.4 Å². The van der Waals surface area contributed by atoms with Crippen molar-refractivity contribution in [3.8, 4) is 0 Å². The minimum absolute atomic E-state index is 0.0213. The van der Waals surface area contributed by atoms with Crippen LogP contribution in [0.2, 0.25) is 0 Å². The fraction of sp³-hybridized carbons (Fsp3) is 0.474. The first-order chi connectivity index (χ1) is 13.2. The summed E-state index contributed by atoms with van der Waals surface area (Å²) in [5, 5.41) is 3.61. The number of aryl methyl sites for hydroxylation is 1. The number of halogens is 3. The van der Waals surface area contributed by atoms with Crippen LogP contribution in [0.5, 0.6) is 0 Å². The predicted molar refractivity (Wildman–Crippen MR) is 99.8 cm³/mol. The first-order valence-corrected chi connectivity index (χ1v) is 9.13. The Morgan fingerprint density at radius 1 is 1.11 bits per heavy atom. The molecule has 2 N–H and O–H groups in total. The highest BCUT2D eigenvalue weighted by Crippen LogP contribution is 2.32. The van der Waals surface area contributed by atoms with E-state index in [1.807, 2.05) is 31.2 Å². The molecule has 1 aromatic carbocycles. The van der Waals surface area contributed by atoms with Crippen LogP contribution in [0.25, 0.3) is 0 Å². The fourth-order valence-electron chi connectivity index (χ4n) is 3.44. The summed E-state index contributed by atoms with van der Waals surface area (Å²) in [6, 6.07) is 8.18. The highest BCUT2D eigenvalue weighted by Gasteiger charge is 2.38. The minimum Gasteiger partial charge on any atom is -0.368 e. The van der Waals surface area contributed by atoms with Crippen molar-refractivity contribution in [3.63, 3.8) is 0 Å². The first kappa shape index (κ1) is 20.2. The van der Waals surface area contributed by atoms with Gasteiger partial charge in [-0.05, 0) is 26.0 Å². The average Bonchev–Trinajstić information content (AvgIpc) is 2.98. The summed E-state index contributed by atoms with van der Waals surface area (Å²) in [5.41, 5.74) is 7.11. The zero-order chi connectivity index (χ0) is 20.5. The number of benzene rings is 1. The number of anilines is 1. The summed E-state index contributed by atoms with van der Waals surface area (Å²) >= 11 is 0. The Kier molecular flexibility index (Phi) is 5.64. The van der Waals surface area contributed by atoms with Gasteiger partial charge in [-0.25, -0.2) is 0 Å². The van der Waals surface area contributed by atoms with Gasteiger partial charge in [0, 0.05) is 44.0 Å². The maximum atomic E-state index is 13.1. The van der Waals surface area contributed by atoms with Gasteiger partial charge < -0.3 is 15.5 Å². The Labute approximate surface area is 161 Å². The van der Waals surface area contributed by atoms with E-state index < -0.39 is 11.9 Å². The molecule has 0 atom stereocenters. The molecule has 0 radical (unpaired) electrons.